The number of nitriles is 1. The maximum atomic E-state index is 12.4. The van der Waals surface area contributed by atoms with Gasteiger partial charge in [0.2, 0.25) is 5.95 Å². The largest absolute Gasteiger partial charge is 0.510 e. The van der Waals surface area contributed by atoms with Crippen molar-refractivity contribution in [2.45, 2.75) is 12.3 Å². The van der Waals surface area contributed by atoms with E-state index in [1.165, 1.54) is 18.6 Å². The molecule has 1 aromatic heterocycles. The average molecular weight is 318 g/mol. The molecule has 0 fully saturated rings. The maximum absolute atomic E-state index is 12.4. The second-order valence-electron chi connectivity index (χ2n) is 5.36. The summed E-state index contributed by atoms with van der Waals surface area (Å²) in [6.45, 7) is 0. The molecule has 1 aliphatic rings. The molecule has 0 saturated carbocycles. The first-order valence-electron chi connectivity index (χ1n) is 7.42. The summed E-state index contributed by atoms with van der Waals surface area (Å²) in [5.41, 5.74) is 0.896. The number of allylic oxidation sites excluding steroid dienone is 2. The quantitative estimate of drug-likeness (QED) is 0.877. The molecule has 0 unspecified atom stereocenters. The van der Waals surface area contributed by atoms with E-state index in [-0.39, 0.29) is 35.4 Å². The van der Waals surface area contributed by atoms with E-state index in [2.05, 4.69) is 21.0 Å². The lowest BCUT2D eigenvalue weighted by Crippen LogP contribution is -2.27. The summed E-state index contributed by atoms with van der Waals surface area (Å²) < 4.78 is 0. The topological polar surface area (TPSA) is 99.2 Å². The molecule has 1 aliphatic carbocycles. The SMILES string of the molecule is N#C[C@H]1C(O)=C(C=Nc2ncccn2)C(=O)C[C@H]1c1ccccc1. The summed E-state index contributed by atoms with van der Waals surface area (Å²) in [5.74, 6) is -1.48. The molecule has 118 valence electrons. The van der Waals surface area contributed by atoms with E-state index in [4.69, 9.17) is 0 Å². The van der Waals surface area contributed by atoms with E-state index >= 15 is 0 Å². The zero-order valence-electron chi connectivity index (χ0n) is 12.7. The van der Waals surface area contributed by atoms with E-state index in [1.807, 2.05) is 30.3 Å². The Labute approximate surface area is 138 Å². The number of aliphatic hydroxyl groups is 1. The predicted octanol–water partition coefficient (Wildman–Crippen LogP) is 2.89. The van der Waals surface area contributed by atoms with Crippen molar-refractivity contribution in [3.8, 4) is 6.07 Å². The van der Waals surface area contributed by atoms with Crippen LogP contribution in [0.3, 0.4) is 0 Å². The van der Waals surface area contributed by atoms with Crippen molar-refractivity contribution in [2.24, 2.45) is 10.9 Å². The number of ketones is 1. The van der Waals surface area contributed by atoms with Gasteiger partial charge in [-0.2, -0.15) is 5.26 Å². The van der Waals surface area contributed by atoms with Crippen LogP contribution in [0, 0.1) is 17.2 Å². The molecule has 6 nitrogen and oxygen atoms in total. The summed E-state index contributed by atoms with van der Waals surface area (Å²) in [6.07, 6.45) is 4.43. The minimum absolute atomic E-state index is 0.0428. The van der Waals surface area contributed by atoms with E-state index in [0.29, 0.717) is 0 Å². The second-order valence-corrected chi connectivity index (χ2v) is 5.36. The predicted molar refractivity (Wildman–Crippen MR) is 87.7 cm³/mol. The van der Waals surface area contributed by atoms with Gasteiger partial charge in [0, 0.05) is 30.9 Å². The lowest BCUT2D eigenvalue weighted by Gasteiger charge is -2.26. The molecule has 0 aliphatic heterocycles. The molecule has 0 bridgehead atoms. The van der Waals surface area contributed by atoms with Crippen LogP contribution in [-0.4, -0.2) is 27.1 Å². The third kappa shape index (κ3) is 3.06. The number of aromatic nitrogens is 2. The molecule has 6 heteroatoms. The van der Waals surface area contributed by atoms with Crippen LogP contribution in [0.1, 0.15) is 17.9 Å². The Morgan fingerprint density at radius 2 is 1.92 bits per heavy atom. The van der Waals surface area contributed by atoms with Gasteiger partial charge >= 0.3 is 0 Å². The summed E-state index contributed by atoms with van der Waals surface area (Å²) >= 11 is 0. The van der Waals surface area contributed by atoms with Gasteiger partial charge in [0.1, 0.15) is 11.7 Å². The zero-order valence-corrected chi connectivity index (χ0v) is 12.7. The lowest BCUT2D eigenvalue weighted by atomic mass is 9.76. The molecule has 1 N–H and O–H groups in total. The molecule has 24 heavy (non-hydrogen) atoms. The summed E-state index contributed by atoms with van der Waals surface area (Å²) in [5, 5.41) is 19.9. The maximum Gasteiger partial charge on any atom is 0.249 e. The Balaban J connectivity index is 1.95. The van der Waals surface area contributed by atoms with Gasteiger partial charge in [0.25, 0.3) is 0 Å². The van der Waals surface area contributed by atoms with Gasteiger partial charge in [-0.25, -0.2) is 15.0 Å². The van der Waals surface area contributed by atoms with Gasteiger partial charge in [0.15, 0.2) is 5.78 Å². The Kier molecular flexibility index (Phi) is 4.43. The highest BCUT2D eigenvalue weighted by atomic mass is 16.3. The van der Waals surface area contributed by atoms with Crippen LogP contribution in [-0.2, 0) is 4.79 Å². The summed E-state index contributed by atoms with van der Waals surface area (Å²) in [4.78, 5) is 24.3. The number of carbonyl (C=O) groups excluding carboxylic acids is 1. The molecule has 3 rings (SSSR count). The Bertz CT molecular complexity index is 838. The van der Waals surface area contributed by atoms with Crippen molar-refractivity contribution in [1.29, 1.82) is 5.26 Å². The van der Waals surface area contributed by atoms with E-state index in [9.17, 15) is 15.2 Å². The Morgan fingerprint density at radius 3 is 2.58 bits per heavy atom. The molecule has 1 aromatic carbocycles. The van der Waals surface area contributed by atoms with E-state index in [1.54, 1.807) is 6.07 Å². The van der Waals surface area contributed by atoms with Crippen LogP contribution in [0.15, 0.2) is 65.1 Å². The van der Waals surface area contributed by atoms with Crippen LogP contribution in [0.2, 0.25) is 0 Å². The molecule has 2 atom stereocenters. The first-order valence-corrected chi connectivity index (χ1v) is 7.42. The van der Waals surface area contributed by atoms with Gasteiger partial charge < -0.3 is 5.11 Å². The van der Waals surface area contributed by atoms with Gasteiger partial charge in [-0.3, -0.25) is 4.79 Å². The fraction of sp³-hybridized carbons (Fsp3) is 0.167. The molecule has 0 radical (unpaired) electrons. The molecule has 0 saturated heterocycles. The molecule has 2 aromatic rings. The van der Waals surface area contributed by atoms with E-state index in [0.717, 1.165) is 5.56 Å². The average Bonchev–Trinajstić information content (AvgIpc) is 2.63. The minimum Gasteiger partial charge on any atom is -0.510 e. The highest BCUT2D eigenvalue weighted by Crippen LogP contribution is 2.37. The van der Waals surface area contributed by atoms with Crippen molar-refractivity contribution in [3.63, 3.8) is 0 Å². The zero-order chi connectivity index (χ0) is 16.9. The van der Waals surface area contributed by atoms with Crippen molar-refractivity contribution in [2.75, 3.05) is 0 Å². The smallest absolute Gasteiger partial charge is 0.249 e. The standard InChI is InChI=1S/C18H14N4O2/c19-10-14-13(12-5-2-1-3-6-12)9-16(23)15(17(14)24)11-22-18-20-7-4-8-21-18/h1-8,11,13-14,24H,9H2/t13-,14+/m0/s1. The Morgan fingerprint density at radius 1 is 1.21 bits per heavy atom. The number of rotatable bonds is 3. The molecule has 0 spiro atoms. The van der Waals surface area contributed by atoms with Crippen molar-refractivity contribution < 1.29 is 9.90 Å². The first-order chi connectivity index (χ1) is 11.7. The van der Waals surface area contributed by atoms with Gasteiger partial charge in [-0.1, -0.05) is 30.3 Å². The number of aliphatic hydroxyl groups excluding tert-OH is 1. The fourth-order valence-electron chi connectivity index (χ4n) is 2.71. The van der Waals surface area contributed by atoms with Crippen LogP contribution < -0.4 is 0 Å². The van der Waals surface area contributed by atoms with Crippen molar-refractivity contribution in [1.82, 2.24) is 9.97 Å². The second kappa shape index (κ2) is 6.84. The molecule has 0 amide bonds. The lowest BCUT2D eigenvalue weighted by molar-refractivity contribution is -0.116. The molecular weight excluding hydrogens is 304 g/mol. The van der Waals surface area contributed by atoms with Crippen LogP contribution in [0.4, 0.5) is 5.95 Å². The fourth-order valence-corrected chi connectivity index (χ4v) is 2.71. The van der Waals surface area contributed by atoms with Crippen molar-refractivity contribution in [3.05, 3.63) is 65.7 Å². The molecular formula is C18H14N4O2. The number of nitrogens with zero attached hydrogens (tertiary/aromatic N) is 4. The van der Waals surface area contributed by atoms with Crippen LogP contribution >= 0.6 is 0 Å². The third-order valence-corrected chi connectivity index (χ3v) is 3.91. The molecule has 1 heterocycles. The van der Waals surface area contributed by atoms with Crippen LogP contribution in [0.5, 0.6) is 0 Å². The first kappa shape index (κ1) is 15.6. The van der Waals surface area contributed by atoms with Gasteiger partial charge in [-0.15, -0.1) is 0 Å². The number of aliphatic imine (C=N–C) groups is 1. The van der Waals surface area contributed by atoms with Gasteiger partial charge in [0.05, 0.1) is 11.6 Å². The number of Topliss-reactive ketones (excluding diaryl/α,β-unsaturated/α-hetero) is 1. The normalized spacial score (nSPS) is 21.0. The number of hydrogen-bond donors (Lipinski definition) is 1. The van der Waals surface area contributed by atoms with Crippen LogP contribution in [0.25, 0.3) is 0 Å². The third-order valence-electron chi connectivity index (χ3n) is 3.91. The number of hydrogen-bond acceptors (Lipinski definition) is 6. The number of carbonyl (C=O) groups is 1. The van der Waals surface area contributed by atoms with Crippen molar-refractivity contribution >= 4 is 17.9 Å². The monoisotopic (exact) mass is 318 g/mol. The summed E-state index contributed by atoms with van der Waals surface area (Å²) in [6, 6.07) is 13.0. The highest BCUT2D eigenvalue weighted by molar-refractivity contribution is 6.15. The summed E-state index contributed by atoms with van der Waals surface area (Å²) in [7, 11) is 0. The van der Waals surface area contributed by atoms with E-state index < -0.39 is 5.92 Å². The Hall–Kier alpha value is -3.33. The minimum atomic E-state index is -0.789. The number of benzene rings is 1. The van der Waals surface area contributed by atoms with Gasteiger partial charge in [-0.05, 0) is 11.6 Å². The highest BCUT2D eigenvalue weighted by Gasteiger charge is 2.36.